The predicted octanol–water partition coefficient (Wildman–Crippen LogP) is 6.84. The summed E-state index contributed by atoms with van der Waals surface area (Å²) in [5.74, 6) is -0.630. The van der Waals surface area contributed by atoms with Crippen LogP contribution in [-0.2, 0) is 12.8 Å². The van der Waals surface area contributed by atoms with Gasteiger partial charge in [-0.15, -0.1) is 0 Å². The van der Waals surface area contributed by atoms with E-state index in [1.165, 1.54) is 50.6 Å². The molecule has 0 N–H and O–H groups in total. The van der Waals surface area contributed by atoms with Crippen molar-refractivity contribution < 1.29 is 31.8 Å². The van der Waals surface area contributed by atoms with Crippen LogP contribution in [-0.4, -0.2) is 14.2 Å². The first-order chi connectivity index (χ1) is 16.2. The van der Waals surface area contributed by atoms with E-state index in [-0.39, 0.29) is 34.6 Å². The van der Waals surface area contributed by atoms with E-state index in [0.717, 1.165) is 10.0 Å². The number of hydrogen-bond acceptors (Lipinski definition) is 5. The van der Waals surface area contributed by atoms with Crippen molar-refractivity contribution in [1.29, 1.82) is 0 Å². The number of methoxy groups -OCH3 is 2. The zero-order chi connectivity index (χ0) is 24.5. The summed E-state index contributed by atoms with van der Waals surface area (Å²) >= 11 is 3.35. The molecular weight excluding hydrogens is 517 g/mol. The van der Waals surface area contributed by atoms with Gasteiger partial charge in [0, 0.05) is 10.5 Å². The summed E-state index contributed by atoms with van der Waals surface area (Å²) in [4.78, 5) is 13.2. The highest BCUT2D eigenvalue weighted by Gasteiger charge is 2.39. The molecule has 0 aliphatic carbocycles. The molecule has 0 fully saturated rings. The fraction of sp³-hybridized carbons (Fsp3) is 0.160. The van der Waals surface area contributed by atoms with Gasteiger partial charge in [0.2, 0.25) is 11.2 Å². The number of alkyl halides is 3. The Balaban J connectivity index is 1.80. The van der Waals surface area contributed by atoms with E-state index < -0.39 is 22.9 Å². The summed E-state index contributed by atoms with van der Waals surface area (Å²) < 4.78 is 64.0. The average molecular weight is 535 g/mol. The van der Waals surface area contributed by atoms with Crippen LogP contribution in [0.1, 0.15) is 11.3 Å². The van der Waals surface area contributed by atoms with Crippen molar-refractivity contribution in [2.24, 2.45) is 0 Å². The Labute approximate surface area is 200 Å². The molecule has 0 bridgehead atoms. The molecule has 1 aromatic heterocycles. The number of hydrogen-bond donors (Lipinski definition) is 0. The lowest BCUT2D eigenvalue weighted by molar-refractivity contribution is -0.152. The van der Waals surface area contributed by atoms with Crippen LogP contribution in [0.25, 0.3) is 22.1 Å². The average Bonchev–Trinajstić information content (AvgIpc) is 2.82. The normalized spacial score (nSPS) is 11.5. The quantitative estimate of drug-likeness (QED) is 0.271. The van der Waals surface area contributed by atoms with Crippen LogP contribution in [0.2, 0.25) is 0 Å². The van der Waals surface area contributed by atoms with E-state index in [1.54, 1.807) is 0 Å². The van der Waals surface area contributed by atoms with Crippen molar-refractivity contribution in [2.75, 3.05) is 14.2 Å². The van der Waals surface area contributed by atoms with Crippen molar-refractivity contribution in [3.8, 4) is 28.4 Å². The second-order valence-electron chi connectivity index (χ2n) is 7.28. The van der Waals surface area contributed by atoms with Crippen LogP contribution in [0, 0.1) is 0 Å². The Morgan fingerprint density at radius 3 is 2.26 bits per heavy atom. The highest BCUT2D eigenvalue weighted by molar-refractivity contribution is 9.10. The van der Waals surface area contributed by atoms with E-state index in [1.807, 2.05) is 24.3 Å². The van der Waals surface area contributed by atoms with Gasteiger partial charge in [-0.3, -0.25) is 4.79 Å². The molecule has 0 saturated carbocycles. The van der Waals surface area contributed by atoms with E-state index in [2.05, 4.69) is 15.9 Å². The van der Waals surface area contributed by atoms with Crippen molar-refractivity contribution in [3.63, 3.8) is 0 Å². The summed E-state index contributed by atoms with van der Waals surface area (Å²) in [6.45, 7) is 0.193. The van der Waals surface area contributed by atoms with Crippen LogP contribution < -0.4 is 19.6 Å². The molecule has 0 aliphatic rings. The molecular formula is C25H18BrF3O5. The van der Waals surface area contributed by atoms with E-state index >= 15 is 0 Å². The molecule has 0 saturated heterocycles. The van der Waals surface area contributed by atoms with Gasteiger partial charge in [-0.1, -0.05) is 34.1 Å². The highest BCUT2D eigenvalue weighted by Crippen LogP contribution is 2.40. The van der Waals surface area contributed by atoms with Crippen LogP contribution in [0.3, 0.4) is 0 Å². The van der Waals surface area contributed by atoms with Gasteiger partial charge in [0.1, 0.15) is 17.9 Å². The van der Waals surface area contributed by atoms with Gasteiger partial charge in [0.15, 0.2) is 11.5 Å². The van der Waals surface area contributed by atoms with Gasteiger partial charge in [-0.2, -0.15) is 13.2 Å². The number of fused-ring (bicyclic) bond motifs is 1. The van der Waals surface area contributed by atoms with Crippen LogP contribution >= 0.6 is 15.9 Å². The molecule has 0 aliphatic heterocycles. The maximum absolute atomic E-state index is 13.9. The molecule has 1 heterocycles. The zero-order valence-electron chi connectivity index (χ0n) is 18.0. The van der Waals surface area contributed by atoms with Gasteiger partial charge in [0.05, 0.1) is 25.2 Å². The van der Waals surface area contributed by atoms with E-state index in [4.69, 9.17) is 18.6 Å². The minimum atomic E-state index is -4.91. The summed E-state index contributed by atoms with van der Waals surface area (Å²) in [6, 6.07) is 15.7. The van der Waals surface area contributed by atoms with Crippen LogP contribution in [0.15, 0.2) is 74.3 Å². The number of rotatable bonds is 6. The zero-order valence-corrected chi connectivity index (χ0v) is 19.6. The molecule has 5 nitrogen and oxygen atoms in total. The smallest absolute Gasteiger partial charge is 0.450 e. The van der Waals surface area contributed by atoms with Crippen molar-refractivity contribution in [3.05, 3.63) is 86.7 Å². The molecule has 0 amide bonds. The Morgan fingerprint density at radius 2 is 1.62 bits per heavy atom. The SMILES string of the molecule is COc1ccc(-c2c(C(F)(F)F)oc3cc(OCc4ccc(Br)cc4)ccc3c2=O)cc1OC. The molecule has 176 valence electrons. The van der Waals surface area contributed by atoms with Gasteiger partial charge >= 0.3 is 6.18 Å². The predicted molar refractivity (Wildman–Crippen MR) is 125 cm³/mol. The van der Waals surface area contributed by atoms with Gasteiger partial charge in [0.25, 0.3) is 0 Å². The van der Waals surface area contributed by atoms with Crippen LogP contribution in [0.4, 0.5) is 13.2 Å². The van der Waals surface area contributed by atoms with E-state index in [0.29, 0.717) is 5.75 Å². The molecule has 3 aromatic carbocycles. The standard InChI is InChI=1S/C25H18BrF3O5/c1-31-19-10-5-15(11-21(19)32-2)22-23(30)18-9-8-17(12-20(18)34-24(22)25(27,28)29)33-13-14-3-6-16(26)7-4-14/h3-12H,13H2,1-2H3. The topological polar surface area (TPSA) is 57.9 Å². The van der Waals surface area contributed by atoms with Gasteiger partial charge in [-0.05, 0) is 47.5 Å². The summed E-state index contributed by atoms with van der Waals surface area (Å²) in [5, 5.41) is -0.00576. The Hall–Kier alpha value is -3.46. The third-order valence-corrected chi connectivity index (χ3v) is 5.64. The Kier molecular flexibility index (Phi) is 6.56. The fourth-order valence-electron chi connectivity index (χ4n) is 3.46. The van der Waals surface area contributed by atoms with Gasteiger partial charge < -0.3 is 18.6 Å². The lowest BCUT2D eigenvalue weighted by Crippen LogP contribution is -2.16. The largest absolute Gasteiger partial charge is 0.493 e. The molecule has 0 spiro atoms. The molecule has 4 aromatic rings. The monoisotopic (exact) mass is 534 g/mol. The first-order valence-corrected chi connectivity index (χ1v) is 10.8. The molecule has 0 atom stereocenters. The maximum atomic E-state index is 13.9. The Morgan fingerprint density at radius 1 is 0.912 bits per heavy atom. The van der Waals surface area contributed by atoms with Crippen molar-refractivity contribution in [2.45, 2.75) is 12.8 Å². The maximum Gasteiger partial charge on any atom is 0.450 e. The Bertz CT molecular complexity index is 1400. The number of ether oxygens (including phenoxy) is 3. The second kappa shape index (κ2) is 9.42. The first-order valence-electron chi connectivity index (χ1n) is 9.99. The van der Waals surface area contributed by atoms with E-state index in [9.17, 15) is 18.0 Å². The minimum Gasteiger partial charge on any atom is -0.493 e. The van der Waals surface area contributed by atoms with Crippen molar-refractivity contribution in [1.82, 2.24) is 0 Å². The third kappa shape index (κ3) is 4.75. The number of benzene rings is 3. The number of halogens is 4. The van der Waals surface area contributed by atoms with Crippen molar-refractivity contribution >= 4 is 26.9 Å². The molecule has 34 heavy (non-hydrogen) atoms. The first kappa shape index (κ1) is 23.7. The fourth-order valence-corrected chi connectivity index (χ4v) is 3.73. The molecule has 4 rings (SSSR count). The molecule has 9 heteroatoms. The third-order valence-electron chi connectivity index (χ3n) is 5.11. The summed E-state index contributed by atoms with van der Waals surface area (Å²) in [6.07, 6.45) is -4.91. The summed E-state index contributed by atoms with van der Waals surface area (Å²) in [5.41, 5.74) is -0.791. The molecule has 0 radical (unpaired) electrons. The summed E-state index contributed by atoms with van der Waals surface area (Å²) in [7, 11) is 2.75. The van der Waals surface area contributed by atoms with Crippen LogP contribution in [0.5, 0.6) is 17.2 Å². The lowest BCUT2D eigenvalue weighted by atomic mass is 10.0. The highest BCUT2D eigenvalue weighted by atomic mass is 79.9. The molecule has 0 unspecified atom stereocenters. The van der Waals surface area contributed by atoms with Gasteiger partial charge in [-0.25, -0.2) is 0 Å². The second-order valence-corrected chi connectivity index (χ2v) is 8.19. The lowest BCUT2D eigenvalue weighted by Gasteiger charge is -2.15. The minimum absolute atomic E-state index is 0.00353.